The molecule has 19 heavy (non-hydrogen) atoms. The van der Waals surface area contributed by atoms with E-state index in [0.717, 1.165) is 0 Å². The van der Waals surface area contributed by atoms with E-state index in [9.17, 15) is 26.3 Å². The van der Waals surface area contributed by atoms with Crippen molar-refractivity contribution in [1.29, 1.82) is 0 Å². The second-order valence-electron chi connectivity index (χ2n) is 3.29. The van der Waals surface area contributed by atoms with Gasteiger partial charge in [-0.25, -0.2) is 0 Å². The Morgan fingerprint density at radius 2 is 1.42 bits per heavy atom. The molecule has 0 aliphatic rings. The second-order valence-corrected chi connectivity index (χ2v) is 4.11. The third-order valence-corrected chi connectivity index (χ3v) is 2.47. The van der Waals surface area contributed by atoms with Gasteiger partial charge in [0.05, 0.1) is 15.6 Å². The Morgan fingerprint density at radius 1 is 1.00 bits per heavy atom. The number of rotatable bonds is 2. The van der Waals surface area contributed by atoms with Gasteiger partial charge in [0.25, 0.3) is 0 Å². The maximum Gasteiger partial charge on any atom is 0.573 e. The van der Waals surface area contributed by atoms with Crippen molar-refractivity contribution in [3.05, 3.63) is 34.3 Å². The van der Waals surface area contributed by atoms with Crippen LogP contribution in [-0.4, -0.2) is 12.5 Å². The van der Waals surface area contributed by atoms with Crippen molar-refractivity contribution >= 4 is 28.8 Å². The largest absolute Gasteiger partial charge is 0.573 e. The quantitative estimate of drug-likeness (QED) is 0.656. The predicted molar refractivity (Wildman–Crippen MR) is 58.2 cm³/mol. The lowest BCUT2D eigenvalue weighted by atomic mass is 10.1. The van der Waals surface area contributed by atoms with Crippen LogP contribution in [0.1, 0.15) is 5.56 Å². The Bertz CT molecular complexity index is 483. The first-order chi connectivity index (χ1) is 8.42. The molecule has 0 fully saturated rings. The topological polar surface area (TPSA) is 9.23 Å². The molecule has 0 aliphatic carbocycles. The van der Waals surface area contributed by atoms with Gasteiger partial charge in [-0.2, -0.15) is 13.2 Å². The molecule has 1 aromatic carbocycles. The summed E-state index contributed by atoms with van der Waals surface area (Å²) < 4.78 is 76.7. The Kier molecular flexibility index (Phi) is 4.31. The minimum atomic E-state index is -5.06. The molecule has 0 aromatic heterocycles. The number of ether oxygens (including phenoxy) is 1. The maximum atomic E-state index is 12.4. The lowest BCUT2D eigenvalue weighted by molar-refractivity contribution is -0.274. The first-order valence-electron chi connectivity index (χ1n) is 4.43. The van der Waals surface area contributed by atoms with Crippen LogP contribution >= 0.6 is 23.2 Å². The number of halogens is 8. The minimum absolute atomic E-state index is 0.544. The number of hydrogen-bond acceptors (Lipinski definition) is 1. The van der Waals surface area contributed by atoms with Gasteiger partial charge in [0.1, 0.15) is 0 Å². The van der Waals surface area contributed by atoms with Crippen molar-refractivity contribution < 1.29 is 31.1 Å². The molecule has 1 aromatic rings. The van der Waals surface area contributed by atoms with Gasteiger partial charge < -0.3 is 4.74 Å². The van der Waals surface area contributed by atoms with Crippen LogP contribution < -0.4 is 4.74 Å². The smallest absolute Gasteiger partial charge is 0.403 e. The Balaban J connectivity index is 3.21. The van der Waals surface area contributed by atoms with Crippen molar-refractivity contribution in [1.82, 2.24) is 0 Å². The van der Waals surface area contributed by atoms with Gasteiger partial charge in [-0.15, -0.1) is 13.2 Å². The molecule has 0 saturated heterocycles. The summed E-state index contributed by atoms with van der Waals surface area (Å²) >= 11 is 10.8. The first kappa shape index (κ1) is 16.0. The number of alkyl halides is 6. The molecule has 106 valence electrons. The summed E-state index contributed by atoms with van der Waals surface area (Å²) in [4.78, 5) is 0. The van der Waals surface area contributed by atoms with Crippen LogP contribution in [-0.2, 0) is 0 Å². The number of allylic oxidation sites excluding steroid dienone is 1. The number of benzene rings is 1. The highest BCUT2D eigenvalue weighted by molar-refractivity contribution is 6.37. The molecule has 0 heterocycles. The Labute approximate surface area is 113 Å². The third-order valence-electron chi connectivity index (χ3n) is 1.91. The standard InChI is InChI=1S/C10H4Cl2F6O/c1-4(9(13,14)15)5-2-6(11)8(7(12)3-5)19-10(16,17)18/h2-3H,1H2. The van der Waals surface area contributed by atoms with Crippen molar-refractivity contribution in [2.24, 2.45) is 0 Å². The molecule has 1 rings (SSSR count). The van der Waals surface area contributed by atoms with Gasteiger partial charge in [-0.05, 0) is 17.7 Å². The second kappa shape index (κ2) is 5.13. The summed E-state index contributed by atoms with van der Waals surface area (Å²) in [5, 5.41) is -1.41. The molecular weight excluding hydrogens is 321 g/mol. The summed E-state index contributed by atoms with van der Waals surface area (Å²) in [6.07, 6.45) is -9.81. The fraction of sp³-hybridized carbons (Fsp3) is 0.200. The van der Waals surface area contributed by atoms with E-state index in [1.807, 2.05) is 0 Å². The van der Waals surface area contributed by atoms with E-state index in [0.29, 0.717) is 12.1 Å². The molecule has 0 spiro atoms. The maximum absolute atomic E-state index is 12.4. The van der Waals surface area contributed by atoms with Gasteiger partial charge >= 0.3 is 12.5 Å². The van der Waals surface area contributed by atoms with Crippen LogP contribution in [0.4, 0.5) is 26.3 Å². The molecule has 9 heteroatoms. The van der Waals surface area contributed by atoms with Crippen LogP contribution in [0.5, 0.6) is 5.75 Å². The minimum Gasteiger partial charge on any atom is -0.403 e. The van der Waals surface area contributed by atoms with Crippen LogP contribution in [0, 0.1) is 0 Å². The molecular formula is C10H4Cl2F6O. The zero-order chi connectivity index (χ0) is 15.0. The monoisotopic (exact) mass is 324 g/mol. The van der Waals surface area contributed by atoms with Crippen molar-refractivity contribution in [3.63, 3.8) is 0 Å². The lowest BCUT2D eigenvalue weighted by Crippen LogP contribution is -2.18. The van der Waals surface area contributed by atoms with Gasteiger partial charge in [-0.3, -0.25) is 0 Å². The van der Waals surface area contributed by atoms with E-state index in [1.54, 1.807) is 0 Å². The van der Waals surface area contributed by atoms with Gasteiger partial charge in [0.15, 0.2) is 5.75 Å². The lowest BCUT2D eigenvalue weighted by Gasteiger charge is -2.15. The molecule has 1 nitrogen and oxygen atoms in total. The van der Waals surface area contributed by atoms with E-state index in [1.165, 1.54) is 0 Å². The van der Waals surface area contributed by atoms with Crippen LogP contribution in [0.2, 0.25) is 10.0 Å². The van der Waals surface area contributed by atoms with Crippen molar-refractivity contribution in [2.75, 3.05) is 0 Å². The summed E-state index contributed by atoms with van der Waals surface area (Å²) in [6, 6.07) is 1.29. The summed E-state index contributed by atoms with van der Waals surface area (Å²) in [5.41, 5.74) is -1.83. The van der Waals surface area contributed by atoms with Crippen LogP contribution in [0.3, 0.4) is 0 Å². The first-order valence-corrected chi connectivity index (χ1v) is 5.18. The van der Waals surface area contributed by atoms with Gasteiger partial charge in [0, 0.05) is 0 Å². The highest BCUT2D eigenvalue weighted by Crippen LogP contribution is 2.41. The Morgan fingerprint density at radius 3 is 1.74 bits per heavy atom. The molecule has 0 amide bonds. The molecule has 0 bridgehead atoms. The average molecular weight is 325 g/mol. The van der Waals surface area contributed by atoms with Gasteiger partial charge in [-0.1, -0.05) is 29.8 Å². The van der Waals surface area contributed by atoms with E-state index in [4.69, 9.17) is 23.2 Å². The average Bonchev–Trinajstić information content (AvgIpc) is 2.19. The van der Waals surface area contributed by atoms with E-state index < -0.39 is 39.5 Å². The summed E-state index contributed by atoms with van der Waals surface area (Å²) in [6.45, 7) is 2.78. The van der Waals surface area contributed by atoms with Gasteiger partial charge in [0.2, 0.25) is 0 Å². The molecule has 0 aliphatic heterocycles. The Hall–Kier alpha value is -1.08. The zero-order valence-electron chi connectivity index (χ0n) is 8.79. The van der Waals surface area contributed by atoms with E-state index in [-0.39, 0.29) is 0 Å². The molecule has 0 atom stereocenters. The molecule has 0 radical (unpaired) electrons. The van der Waals surface area contributed by atoms with Crippen LogP contribution in [0.25, 0.3) is 5.57 Å². The van der Waals surface area contributed by atoms with Crippen molar-refractivity contribution in [2.45, 2.75) is 12.5 Å². The van der Waals surface area contributed by atoms with E-state index in [2.05, 4.69) is 11.3 Å². The van der Waals surface area contributed by atoms with Crippen molar-refractivity contribution in [3.8, 4) is 5.75 Å². The fourth-order valence-corrected chi connectivity index (χ4v) is 1.68. The zero-order valence-corrected chi connectivity index (χ0v) is 10.3. The SMILES string of the molecule is C=C(c1cc(Cl)c(OC(F)(F)F)c(Cl)c1)C(F)(F)F. The molecule has 0 saturated carbocycles. The predicted octanol–water partition coefficient (Wildman–Crippen LogP) is 5.47. The molecule has 0 N–H and O–H groups in total. The number of hydrogen-bond donors (Lipinski definition) is 0. The highest BCUT2D eigenvalue weighted by Gasteiger charge is 2.36. The third kappa shape index (κ3) is 4.21. The summed E-state index contributed by atoms with van der Waals surface area (Å²) in [5.74, 6) is -0.963. The normalized spacial score (nSPS) is 12.4. The van der Waals surface area contributed by atoms with Crippen LogP contribution in [0.15, 0.2) is 18.7 Å². The molecule has 0 unspecified atom stereocenters. The fourth-order valence-electron chi connectivity index (χ4n) is 1.11. The van der Waals surface area contributed by atoms with E-state index >= 15 is 0 Å². The highest BCUT2D eigenvalue weighted by atomic mass is 35.5. The summed E-state index contributed by atoms with van der Waals surface area (Å²) in [7, 11) is 0.